The lowest BCUT2D eigenvalue weighted by molar-refractivity contribution is 0.0940. The van der Waals surface area contributed by atoms with E-state index in [-0.39, 0.29) is 5.91 Å². The Morgan fingerprint density at radius 2 is 2.10 bits per heavy atom. The third kappa shape index (κ3) is 3.39. The van der Waals surface area contributed by atoms with Crippen molar-refractivity contribution in [2.24, 2.45) is 0 Å². The van der Waals surface area contributed by atoms with Gasteiger partial charge in [0.15, 0.2) is 0 Å². The maximum Gasteiger partial charge on any atom is 0.269 e. The van der Waals surface area contributed by atoms with Crippen LogP contribution in [-0.2, 0) is 19.0 Å². The third-order valence-corrected chi connectivity index (χ3v) is 3.34. The van der Waals surface area contributed by atoms with E-state index < -0.39 is 0 Å². The number of carbonyl (C=O) groups excluding carboxylic acids is 1. The molecule has 106 valence electrons. The highest BCUT2D eigenvalue weighted by Gasteiger charge is 2.12. The van der Waals surface area contributed by atoms with Gasteiger partial charge in [-0.15, -0.1) is 11.6 Å². The molecule has 0 unspecified atom stereocenters. The minimum atomic E-state index is -0.108. The van der Waals surface area contributed by atoms with E-state index in [0.717, 1.165) is 16.8 Å². The van der Waals surface area contributed by atoms with Gasteiger partial charge in [0.25, 0.3) is 5.91 Å². The van der Waals surface area contributed by atoms with Crippen LogP contribution in [0.15, 0.2) is 30.3 Å². The van der Waals surface area contributed by atoms with Crippen LogP contribution in [0.5, 0.6) is 0 Å². The van der Waals surface area contributed by atoms with E-state index in [1.54, 1.807) is 10.7 Å². The molecule has 0 saturated carbocycles. The molecule has 0 atom stereocenters. The SMILES string of the molecule is CCn1nc(C)cc1C(=O)NCc1cccc(CCl)c1. The van der Waals surface area contributed by atoms with Gasteiger partial charge in [-0.2, -0.15) is 5.10 Å². The monoisotopic (exact) mass is 291 g/mol. The lowest BCUT2D eigenvalue weighted by atomic mass is 10.1. The summed E-state index contributed by atoms with van der Waals surface area (Å²) in [5.74, 6) is 0.368. The zero-order chi connectivity index (χ0) is 14.5. The average molecular weight is 292 g/mol. The number of nitrogens with zero attached hydrogens (tertiary/aromatic N) is 2. The predicted octanol–water partition coefficient (Wildman–Crippen LogP) is 2.88. The zero-order valence-corrected chi connectivity index (χ0v) is 12.4. The number of carbonyl (C=O) groups is 1. The number of hydrogen-bond acceptors (Lipinski definition) is 2. The Bertz CT molecular complexity index is 607. The summed E-state index contributed by atoms with van der Waals surface area (Å²) in [5.41, 5.74) is 3.53. The predicted molar refractivity (Wildman–Crippen MR) is 79.8 cm³/mol. The second-order valence-electron chi connectivity index (χ2n) is 4.62. The fourth-order valence-electron chi connectivity index (χ4n) is 2.06. The van der Waals surface area contributed by atoms with Crippen molar-refractivity contribution in [3.05, 3.63) is 52.8 Å². The van der Waals surface area contributed by atoms with Crippen LogP contribution in [-0.4, -0.2) is 15.7 Å². The van der Waals surface area contributed by atoms with Gasteiger partial charge in [-0.25, -0.2) is 0 Å². The van der Waals surface area contributed by atoms with Crippen LogP contribution in [0, 0.1) is 6.92 Å². The number of aromatic nitrogens is 2. The van der Waals surface area contributed by atoms with E-state index in [9.17, 15) is 4.79 Å². The van der Waals surface area contributed by atoms with E-state index in [1.165, 1.54) is 0 Å². The van der Waals surface area contributed by atoms with Crippen LogP contribution in [0.1, 0.15) is 34.2 Å². The number of rotatable bonds is 5. The molecule has 2 rings (SSSR count). The smallest absolute Gasteiger partial charge is 0.269 e. The lowest BCUT2D eigenvalue weighted by Gasteiger charge is -2.07. The second-order valence-corrected chi connectivity index (χ2v) is 4.89. The molecule has 0 radical (unpaired) electrons. The molecule has 0 spiro atoms. The van der Waals surface area contributed by atoms with Gasteiger partial charge in [0, 0.05) is 19.0 Å². The first-order valence-electron chi connectivity index (χ1n) is 6.60. The Kier molecular flexibility index (Phi) is 4.79. The minimum absolute atomic E-state index is 0.108. The summed E-state index contributed by atoms with van der Waals surface area (Å²) >= 11 is 5.80. The van der Waals surface area contributed by atoms with Crippen LogP contribution in [0.4, 0.5) is 0 Å². The number of amides is 1. The van der Waals surface area contributed by atoms with Gasteiger partial charge >= 0.3 is 0 Å². The molecule has 1 heterocycles. The van der Waals surface area contributed by atoms with E-state index in [1.807, 2.05) is 38.1 Å². The third-order valence-electron chi connectivity index (χ3n) is 3.03. The maximum atomic E-state index is 12.2. The molecular weight excluding hydrogens is 274 g/mol. The van der Waals surface area contributed by atoms with Crippen molar-refractivity contribution < 1.29 is 4.79 Å². The largest absolute Gasteiger partial charge is 0.347 e. The zero-order valence-electron chi connectivity index (χ0n) is 11.7. The number of nitrogens with one attached hydrogen (secondary N) is 1. The van der Waals surface area contributed by atoms with Crippen LogP contribution < -0.4 is 5.32 Å². The lowest BCUT2D eigenvalue weighted by Crippen LogP contribution is -2.25. The first kappa shape index (κ1) is 14.6. The van der Waals surface area contributed by atoms with Crippen LogP contribution in [0.2, 0.25) is 0 Å². The number of alkyl halides is 1. The summed E-state index contributed by atoms with van der Waals surface area (Å²) in [7, 11) is 0. The second kappa shape index (κ2) is 6.57. The summed E-state index contributed by atoms with van der Waals surface area (Å²) in [6.45, 7) is 5.01. The summed E-state index contributed by atoms with van der Waals surface area (Å²) in [6.07, 6.45) is 0. The fraction of sp³-hybridized carbons (Fsp3) is 0.333. The molecule has 0 aliphatic rings. The van der Waals surface area contributed by atoms with Gasteiger partial charge in [0.05, 0.1) is 5.69 Å². The summed E-state index contributed by atoms with van der Waals surface area (Å²) in [5, 5.41) is 7.18. The molecule has 0 bridgehead atoms. The van der Waals surface area contributed by atoms with E-state index in [4.69, 9.17) is 11.6 Å². The van der Waals surface area contributed by atoms with Gasteiger partial charge < -0.3 is 5.32 Å². The molecule has 0 aliphatic heterocycles. The van der Waals surface area contributed by atoms with Crippen molar-refractivity contribution in [2.75, 3.05) is 0 Å². The molecule has 1 amide bonds. The highest BCUT2D eigenvalue weighted by atomic mass is 35.5. The van der Waals surface area contributed by atoms with Crippen molar-refractivity contribution in [2.45, 2.75) is 32.8 Å². The summed E-state index contributed by atoms with van der Waals surface area (Å²) < 4.78 is 1.71. The van der Waals surface area contributed by atoms with Gasteiger partial charge in [-0.1, -0.05) is 24.3 Å². The van der Waals surface area contributed by atoms with Gasteiger partial charge in [0.2, 0.25) is 0 Å². The van der Waals surface area contributed by atoms with Crippen molar-refractivity contribution in [3.63, 3.8) is 0 Å². The minimum Gasteiger partial charge on any atom is -0.347 e. The van der Waals surface area contributed by atoms with E-state index in [2.05, 4.69) is 10.4 Å². The normalized spacial score (nSPS) is 10.6. The molecule has 4 nitrogen and oxygen atoms in total. The Labute approximate surface area is 123 Å². The molecule has 0 aliphatic carbocycles. The van der Waals surface area contributed by atoms with Crippen molar-refractivity contribution in [1.82, 2.24) is 15.1 Å². The first-order valence-corrected chi connectivity index (χ1v) is 7.14. The standard InChI is InChI=1S/C15H18ClN3O/c1-3-19-14(7-11(2)18-19)15(20)17-10-13-6-4-5-12(8-13)9-16/h4-8H,3,9-10H2,1-2H3,(H,17,20). The summed E-state index contributed by atoms with van der Waals surface area (Å²) in [4.78, 5) is 12.2. The molecule has 0 fully saturated rings. The Morgan fingerprint density at radius 3 is 2.80 bits per heavy atom. The molecule has 0 saturated heterocycles. The van der Waals surface area contributed by atoms with E-state index in [0.29, 0.717) is 24.7 Å². The molecular formula is C15H18ClN3O. The Balaban J connectivity index is 2.04. The quantitative estimate of drug-likeness (QED) is 0.861. The highest BCUT2D eigenvalue weighted by Crippen LogP contribution is 2.08. The molecule has 1 N–H and O–H groups in total. The number of aryl methyl sites for hydroxylation is 2. The fourth-order valence-corrected chi connectivity index (χ4v) is 2.23. The van der Waals surface area contributed by atoms with Crippen LogP contribution >= 0.6 is 11.6 Å². The highest BCUT2D eigenvalue weighted by molar-refractivity contribution is 6.17. The maximum absolute atomic E-state index is 12.2. The van der Waals surface area contributed by atoms with Crippen molar-refractivity contribution >= 4 is 17.5 Å². The number of halogens is 1. The average Bonchev–Trinajstić information content (AvgIpc) is 2.86. The molecule has 20 heavy (non-hydrogen) atoms. The topological polar surface area (TPSA) is 46.9 Å². The summed E-state index contributed by atoms with van der Waals surface area (Å²) in [6, 6.07) is 9.68. The van der Waals surface area contributed by atoms with Gasteiger partial charge in [0.1, 0.15) is 5.69 Å². The van der Waals surface area contributed by atoms with Crippen molar-refractivity contribution in [3.8, 4) is 0 Å². The number of benzene rings is 1. The molecule has 2 aromatic rings. The number of hydrogen-bond donors (Lipinski definition) is 1. The van der Waals surface area contributed by atoms with Crippen molar-refractivity contribution in [1.29, 1.82) is 0 Å². The first-order chi connectivity index (χ1) is 9.63. The van der Waals surface area contributed by atoms with Crippen LogP contribution in [0.3, 0.4) is 0 Å². The van der Waals surface area contributed by atoms with Gasteiger partial charge in [-0.3, -0.25) is 9.48 Å². The van der Waals surface area contributed by atoms with Crippen LogP contribution in [0.25, 0.3) is 0 Å². The molecule has 1 aromatic heterocycles. The molecule has 5 heteroatoms. The Hall–Kier alpha value is -1.81. The Morgan fingerprint density at radius 1 is 1.35 bits per heavy atom. The van der Waals surface area contributed by atoms with Gasteiger partial charge in [-0.05, 0) is 31.0 Å². The van der Waals surface area contributed by atoms with E-state index >= 15 is 0 Å². The molecule has 1 aromatic carbocycles.